The standard InChI is InChI=1S/C13H13N5OS/c1-2-11-15-12(19-17-11)8-20-13-16-14-9-18(13)10-6-4-3-5-7-10/h3-7,9H,2,8H2,1H3. The van der Waals surface area contributed by atoms with Gasteiger partial charge in [0.1, 0.15) is 6.33 Å². The first-order chi connectivity index (χ1) is 9.86. The summed E-state index contributed by atoms with van der Waals surface area (Å²) in [6.45, 7) is 1.99. The van der Waals surface area contributed by atoms with E-state index in [1.165, 1.54) is 11.8 Å². The molecule has 0 aliphatic heterocycles. The third-order valence-corrected chi connectivity index (χ3v) is 3.63. The second kappa shape index (κ2) is 5.87. The first-order valence-electron chi connectivity index (χ1n) is 6.26. The van der Waals surface area contributed by atoms with Gasteiger partial charge < -0.3 is 4.52 Å². The normalized spacial score (nSPS) is 10.8. The van der Waals surface area contributed by atoms with Crippen LogP contribution in [-0.2, 0) is 12.2 Å². The summed E-state index contributed by atoms with van der Waals surface area (Å²) in [5.74, 6) is 1.91. The highest BCUT2D eigenvalue weighted by Gasteiger charge is 2.10. The van der Waals surface area contributed by atoms with Gasteiger partial charge in [-0.25, -0.2) is 0 Å². The molecule has 0 saturated carbocycles. The van der Waals surface area contributed by atoms with E-state index in [0.29, 0.717) is 11.6 Å². The average Bonchev–Trinajstić information content (AvgIpc) is 3.15. The molecule has 102 valence electrons. The molecular weight excluding hydrogens is 274 g/mol. The number of thioether (sulfide) groups is 1. The molecule has 2 heterocycles. The Morgan fingerprint density at radius 3 is 2.85 bits per heavy atom. The molecule has 7 heteroatoms. The van der Waals surface area contributed by atoms with Crippen LogP contribution in [0.5, 0.6) is 0 Å². The van der Waals surface area contributed by atoms with Crippen LogP contribution in [0.1, 0.15) is 18.6 Å². The molecule has 6 nitrogen and oxygen atoms in total. The van der Waals surface area contributed by atoms with Crippen molar-refractivity contribution < 1.29 is 4.52 Å². The van der Waals surface area contributed by atoms with E-state index in [0.717, 1.165) is 23.1 Å². The first-order valence-corrected chi connectivity index (χ1v) is 7.25. The Hall–Kier alpha value is -2.15. The summed E-state index contributed by atoms with van der Waals surface area (Å²) in [4.78, 5) is 4.27. The fourth-order valence-electron chi connectivity index (χ4n) is 1.71. The molecule has 3 aromatic rings. The average molecular weight is 287 g/mol. The van der Waals surface area contributed by atoms with E-state index < -0.39 is 0 Å². The molecule has 0 bridgehead atoms. The molecule has 0 spiro atoms. The minimum atomic E-state index is 0.582. The second-order valence-electron chi connectivity index (χ2n) is 4.07. The minimum absolute atomic E-state index is 0.582. The van der Waals surface area contributed by atoms with Gasteiger partial charge in [-0.05, 0) is 12.1 Å². The fraction of sp³-hybridized carbons (Fsp3) is 0.231. The number of para-hydroxylation sites is 1. The van der Waals surface area contributed by atoms with Crippen LogP contribution >= 0.6 is 11.8 Å². The number of hydrogen-bond donors (Lipinski definition) is 0. The zero-order valence-corrected chi connectivity index (χ0v) is 11.7. The zero-order valence-electron chi connectivity index (χ0n) is 10.9. The predicted molar refractivity (Wildman–Crippen MR) is 74.6 cm³/mol. The lowest BCUT2D eigenvalue weighted by Gasteiger charge is -2.04. The van der Waals surface area contributed by atoms with Gasteiger partial charge in [0.05, 0.1) is 5.75 Å². The molecule has 0 saturated heterocycles. The number of aryl methyl sites for hydroxylation is 1. The number of rotatable bonds is 5. The van der Waals surface area contributed by atoms with E-state index in [9.17, 15) is 0 Å². The molecule has 3 rings (SSSR count). The molecule has 0 fully saturated rings. The zero-order chi connectivity index (χ0) is 13.8. The smallest absolute Gasteiger partial charge is 0.237 e. The van der Waals surface area contributed by atoms with Crippen LogP contribution in [0.15, 0.2) is 46.3 Å². The van der Waals surface area contributed by atoms with Crippen LogP contribution in [0, 0.1) is 0 Å². The SMILES string of the molecule is CCc1noc(CSc2nncn2-c2ccccc2)n1. The van der Waals surface area contributed by atoms with Gasteiger partial charge >= 0.3 is 0 Å². The molecule has 0 aliphatic rings. The maximum absolute atomic E-state index is 5.16. The molecule has 2 aromatic heterocycles. The van der Waals surface area contributed by atoms with Crippen molar-refractivity contribution in [2.24, 2.45) is 0 Å². The van der Waals surface area contributed by atoms with Gasteiger partial charge in [-0.2, -0.15) is 4.98 Å². The molecule has 0 unspecified atom stereocenters. The van der Waals surface area contributed by atoms with E-state index in [2.05, 4.69) is 20.3 Å². The predicted octanol–water partition coefficient (Wildman–Crippen LogP) is 2.51. The Morgan fingerprint density at radius 1 is 1.25 bits per heavy atom. The lowest BCUT2D eigenvalue weighted by atomic mass is 10.3. The van der Waals surface area contributed by atoms with Crippen molar-refractivity contribution >= 4 is 11.8 Å². The van der Waals surface area contributed by atoms with Crippen LogP contribution in [-0.4, -0.2) is 24.9 Å². The van der Waals surface area contributed by atoms with E-state index in [1.807, 2.05) is 41.8 Å². The molecule has 1 aromatic carbocycles. The maximum atomic E-state index is 5.16. The van der Waals surface area contributed by atoms with Crippen LogP contribution in [0.3, 0.4) is 0 Å². The Labute approximate surface area is 120 Å². The van der Waals surface area contributed by atoms with Gasteiger partial charge in [-0.1, -0.05) is 42.0 Å². The summed E-state index contributed by atoms with van der Waals surface area (Å²) in [5.41, 5.74) is 1.03. The number of benzene rings is 1. The van der Waals surface area contributed by atoms with Gasteiger partial charge in [0.15, 0.2) is 11.0 Å². The maximum Gasteiger partial charge on any atom is 0.237 e. The fourth-order valence-corrected chi connectivity index (χ4v) is 2.47. The van der Waals surface area contributed by atoms with Gasteiger partial charge in [-0.15, -0.1) is 10.2 Å². The minimum Gasteiger partial charge on any atom is -0.338 e. The van der Waals surface area contributed by atoms with Gasteiger partial charge in [0.25, 0.3) is 0 Å². The third-order valence-electron chi connectivity index (χ3n) is 2.70. The van der Waals surface area contributed by atoms with E-state index in [-0.39, 0.29) is 0 Å². The molecular formula is C13H13N5OS. The Bertz CT molecular complexity index is 679. The highest BCUT2D eigenvalue weighted by molar-refractivity contribution is 7.98. The first kappa shape index (κ1) is 12.9. The third kappa shape index (κ3) is 2.72. The van der Waals surface area contributed by atoms with Crippen molar-refractivity contribution in [1.82, 2.24) is 24.9 Å². The molecule has 0 radical (unpaired) electrons. The summed E-state index contributed by atoms with van der Waals surface area (Å²) in [6, 6.07) is 9.96. The molecule has 0 atom stereocenters. The summed E-state index contributed by atoms with van der Waals surface area (Å²) in [6.07, 6.45) is 2.47. The van der Waals surface area contributed by atoms with Crippen LogP contribution in [0.4, 0.5) is 0 Å². The highest BCUT2D eigenvalue weighted by Crippen LogP contribution is 2.22. The van der Waals surface area contributed by atoms with E-state index >= 15 is 0 Å². The van der Waals surface area contributed by atoms with E-state index in [4.69, 9.17) is 4.52 Å². The van der Waals surface area contributed by atoms with E-state index in [1.54, 1.807) is 6.33 Å². The van der Waals surface area contributed by atoms with Crippen molar-refractivity contribution in [3.05, 3.63) is 48.4 Å². The summed E-state index contributed by atoms with van der Waals surface area (Å²) < 4.78 is 7.09. The monoisotopic (exact) mass is 287 g/mol. The molecule has 20 heavy (non-hydrogen) atoms. The largest absolute Gasteiger partial charge is 0.338 e. The van der Waals surface area contributed by atoms with Crippen LogP contribution in [0.25, 0.3) is 5.69 Å². The van der Waals surface area contributed by atoms with Crippen molar-refractivity contribution in [3.63, 3.8) is 0 Å². The Morgan fingerprint density at radius 2 is 2.10 bits per heavy atom. The van der Waals surface area contributed by atoms with Crippen molar-refractivity contribution in [3.8, 4) is 5.69 Å². The Balaban J connectivity index is 1.74. The summed E-state index contributed by atoms with van der Waals surface area (Å²) >= 11 is 1.52. The Kier molecular flexibility index (Phi) is 3.78. The summed E-state index contributed by atoms with van der Waals surface area (Å²) in [7, 11) is 0. The lowest BCUT2D eigenvalue weighted by Crippen LogP contribution is -1.95. The van der Waals surface area contributed by atoms with Gasteiger partial charge in [0, 0.05) is 12.1 Å². The number of nitrogens with zero attached hydrogens (tertiary/aromatic N) is 5. The van der Waals surface area contributed by atoms with Crippen molar-refractivity contribution in [2.45, 2.75) is 24.3 Å². The summed E-state index contributed by atoms with van der Waals surface area (Å²) in [5, 5.41) is 12.7. The van der Waals surface area contributed by atoms with Crippen molar-refractivity contribution in [1.29, 1.82) is 0 Å². The molecule has 0 aliphatic carbocycles. The van der Waals surface area contributed by atoms with Crippen molar-refractivity contribution in [2.75, 3.05) is 0 Å². The lowest BCUT2D eigenvalue weighted by molar-refractivity contribution is 0.385. The van der Waals surface area contributed by atoms with Crippen LogP contribution in [0.2, 0.25) is 0 Å². The number of hydrogen-bond acceptors (Lipinski definition) is 6. The van der Waals surface area contributed by atoms with Crippen LogP contribution < -0.4 is 0 Å². The molecule has 0 amide bonds. The highest BCUT2D eigenvalue weighted by atomic mass is 32.2. The van der Waals surface area contributed by atoms with Gasteiger partial charge in [0.2, 0.25) is 5.89 Å². The number of aromatic nitrogens is 5. The van der Waals surface area contributed by atoms with Gasteiger partial charge in [-0.3, -0.25) is 4.57 Å². The molecule has 0 N–H and O–H groups in total. The second-order valence-corrected chi connectivity index (χ2v) is 5.01. The topological polar surface area (TPSA) is 69.6 Å². The quantitative estimate of drug-likeness (QED) is 0.671.